The summed E-state index contributed by atoms with van der Waals surface area (Å²) >= 11 is 0. The molecule has 45 heavy (non-hydrogen) atoms. The van der Waals surface area contributed by atoms with Crippen molar-refractivity contribution in [2.75, 3.05) is 19.0 Å². The van der Waals surface area contributed by atoms with Crippen molar-refractivity contribution >= 4 is 34.6 Å². The fourth-order valence-electron chi connectivity index (χ4n) is 4.72. The molecule has 0 spiro atoms. The Morgan fingerprint density at radius 1 is 0.956 bits per heavy atom. The first-order valence-electron chi connectivity index (χ1n) is 13.6. The number of fused-ring (bicyclic) bond motifs is 1. The zero-order valence-electron chi connectivity index (χ0n) is 23.8. The number of aromatic nitrogens is 1. The molecule has 0 aliphatic carbocycles. The SMILES string of the molecule is COc1ccc(CC(=O)Nc2ccc(C(=O)N(CC(=O)O)Cc3ccc4oc(-c5ccccc5)nc4c3)cc2)c(C(F)(F)F)c1. The predicted octanol–water partition coefficient (Wildman–Crippen LogP) is 6.43. The second kappa shape index (κ2) is 12.9. The van der Waals surface area contributed by atoms with Gasteiger partial charge in [-0.1, -0.05) is 30.3 Å². The maximum absolute atomic E-state index is 13.5. The average molecular weight is 618 g/mol. The smallest absolute Gasteiger partial charge is 0.416 e. The third-order valence-corrected chi connectivity index (χ3v) is 6.85. The second-order valence-corrected chi connectivity index (χ2v) is 10.1. The van der Waals surface area contributed by atoms with Crippen LogP contribution in [0, 0.1) is 0 Å². The Kier molecular flexibility index (Phi) is 8.84. The van der Waals surface area contributed by atoms with Gasteiger partial charge in [-0.3, -0.25) is 14.4 Å². The Labute approximate surface area is 254 Å². The van der Waals surface area contributed by atoms with Crippen molar-refractivity contribution in [3.8, 4) is 17.2 Å². The molecule has 0 atom stereocenters. The molecule has 0 aliphatic heterocycles. The molecule has 0 bridgehead atoms. The van der Waals surface area contributed by atoms with E-state index in [1.165, 1.54) is 43.5 Å². The van der Waals surface area contributed by atoms with Crippen molar-refractivity contribution in [2.24, 2.45) is 0 Å². The maximum Gasteiger partial charge on any atom is 0.416 e. The van der Waals surface area contributed by atoms with Crippen molar-refractivity contribution in [1.29, 1.82) is 0 Å². The van der Waals surface area contributed by atoms with Gasteiger partial charge >= 0.3 is 12.1 Å². The molecule has 2 N–H and O–H groups in total. The number of hydrogen-bond acceptors (Lipinski definition) is 6. The molecule has 4 aromatic carbocycles. The van der Waals surface area contributed by atoms with Gasteiger partial charge in [0.25, 0.3) is 5.91 Å². The van der Waals surface area contributed by atoms with Gasteiger partial charge in [-0.2, -0.15) is 13.2 Å². The number of ether oxygens (including phenoxy) is 1. The van der Waals surface area contributed by atoms with E-state index in [0.717, 1.165) is 16.5 Å². The summed E-state index contributed by atoms with van der Waals surface area (Å²) in [4.78, 5) is 43.2. The van der Waals surface area contributed by atoms with Gasteiger partial charge in [0.1, 0.15) is 17.8 Å². The minimum Gasteiger partial charge on any atom is -0.497 e. The van der Waals surface area contributed by atoms with Gasteiger partial charge in [0.2, 0.25) is 11.8 Å². The molecular weight excluding hydrogens is 591 g/mol. The molecule has 0 saturated heterocycles. The van der Waals surface area contributed by atoms with E-state index < -0.39 is 42.5 Å². The summed E-state index contributed by atoms with van der Waals surface area (Å²) in [6, 6.07) is 23.4. The zero-order chi connectivity index (χ0) is 32.1. The number of halogens is 3. The van der Waals surface area contributed by atoms with Gasteiger partial charge < -0.3 is 24.5 Å². The number of carbonyl (C=O) groups excluding carboxylic acids is 2. The number of nitrogens with zero attached hydrogens (tertiary/aromatic N) is 2. The lowest BCUT2D eigenvalue weighted by molar-refractivity contribution is -0.139. The lowest BCUT2D eigenvalue weighted by Crippen LogP contribution is -2.35. The third kappa shape index (κ3) is 7.47. The summed E-state index contributed by atoms with van der Waals surface area (Å²) in [5, 5.41) is 12.0. The molecule has 0 saturated carbocycles. The van der Waals surface area contributed by atoms with E-state index in [-0.39, 0.29) is 29.1 Å². The number of benzene rings is 4. The van der Waals surface area contributed by atoms with E-state index in [1.807, 2.05) is 30.3 Å². The van der Waals surface area contributed by atoms with Crippen molar-refractivity contribution < 1.29 is 41.8 Å². The number of carboxylic acid groups (broad SMARTS) is 1. The van der Waals surface area contributed by atoms with Crippen LogP contribution in [-0.4, -0.2) is 46.4 Å². The summed E-state index contributed by atoms with van der Waals surface area (Å²) in [7, 11) is 1.25. The molecule has 0 unspecified atom stereocenters. The Bertz CT molecular complexity index is 1850. The van der Waals surface area contributed by atoms with E-state index >= 15 is 0 Å². The minimum atomic E-state index is -4.68. The van der Waals surface area contributed by atoms with Crippen molar-refractivity contribution in [2.45, 2.75) is 19.1 Å². The lowest BCUT2D eigenvalue weighted by atomic mass is 10.0. The molecule has 0 radical (unpaired) electrons. The molecule has 2 amide bonds. The number of rotatable bonds is 10. The van der Waals surface area contributed by atoms with Gasteiger partial charge in [0.15, 0.2) is 5.58 Å². The van der Waals surface area contributed by atoms with Crippen LogP contribution >= 0.6 is 0 Å². The van der Waals surface area contributed by atoms with Crippen LogP contribution in [0.3, 0.4) is 0 Å². The third-order valence-electron chi connectivity index (χ3n) is 6.85. The van der Waals surface area contributed by atoms with Crippen LogP contribution < -0.4 is 10.1 Å². The molecular formula is C33H26F3N3O6. The highest BCUT2D eigenvalue weighted by Crippen LogP contribution is 2.35. The molecule has 12 heteroatoms. The number of anilines is 1. The summed E-state index contributed by atoms with van der Waals surface area (Å²) < 4.78 is 51.2. The van der Waals surface area contributed by atoms with Gasteiger partial charge in [-0.05, 0) is 71.8 Å². The Morgan fingerprint density at radius 3 is 2.36 bits per heavy atom. The molecule has 1 aromatic heterocycles. The van der Waals surface area contributed by atoms with Crippen LogP contribution in [0.1, 0.15) is 27.0 Å². The molecule has 0 fully saturated rings. The highest BCUT2D eigenvalue weighted by molar-refractivity contribution is 5.97. The summed E-state index contributed by atoms with van der Waals surface area (Å²) in [5.41, 5.74) is 1.70. The number of carboxylic acids is 1. The predicted molar refractivity (Wildman–Crippen MR) is 159 cm³/mol. The maximum atomic E-state index is 13.5. The second-order valence-electron chi connectivity index (χ2n) is 10.1. The number of amides is 2. The monoisotopic (exact) mass is 617 g/mol. The number of carbonyl (C=O) groups is 3. The van der Waals surface area contributed by atoms with Crippen LogP contribution in [0.4, 0.5) is 18.9 Å². The Morgan fingerprint density at radius 2 is 1.69 bits per heavy atom. The lowest BCUT2D eigenvalue weighted by Gasteiger charge is -2.21. The van der Waals surface area contributed by atoms with Crippen molar-refractivity contribution in [3.63, 3.8) is 0 Å². The van der Waals surface area contributed by atoms with Gasteiger partial charge in [-0.25, -0.2) is 4.98 Å². The Hall–Kier alpha value is -5.65. The Balaban J connectivity index is 1.28. The van der Waals surface area contributed by atoms with E-state index in [9.17, 15) is 32.7 Å². The summed E-state index contributed by atoms with van der Waals surface area (Å²) in [6.45, 7) is -0.608. The first kappa shape index (κ1) is 30.8. The summed E-state index contributed by atoms with van der Waals surface area (Å²) in [5.74, 6) is -2.04. The van der Waals surface area contributed by atoms with Crippen LogP contribution in [0.15, 0.2) is 95.4 Å². The number of nitrogens with one attached hydrogen (secondary N) is 1. The number of alkyl halides is 3. The zero-order valence-corrected chi connectivity index (χ0v) is 23.8. The van der Waals surface area contributed by atoms with Gasteiger partial charge in [0.05, 0.1) is 19.1 Å². The van der Waals surface area contributed by atoms with Gasteiger partial charge in [-0.15, -0.1) is 0 Å². The first-order chi connectivity index (χ1) is 21.5. The average Bonchev–Trinajstić information content (AvgIpc) is 3.44. The number of methoxy groups -OCH3 is 1. The summed E-state index contributed by atoms with van der Waals surface area (Å²) in [6.07, 6.45) is -5.23. The van der Waals surface area contributed by atoms with E-state index in [2.05, 4.69) is 10.3 Å². The molecule has 5 rings (SSSR count). The van der Waals surface area contributed by atoms with Gasteiger partial charge in [0, 0.05) is 23.4 Å². The number of hydrogen-bond donors (Lipinski definition) is 2. The highest BCUT2D eigenvalue weighted by Gasteiger charge is 2.34. The van der Waals surface area contributed by atoms with E-state index in [4.69, 9.17) is 9.15 Å². The quantitative estimate of drug-likeness (QED) is 0.185. The minimum absolute atomic E-state index is 0.0135. The number of oxazole rings is 1. The highest BCUT2D eigenvalue weighted by atomic mass is 19.4. The molecule has 230 valence electrons. The topological polar surface area (TPSA) is 122 Å². The normalized spacial score (nSPS) is 11.3. The molecule has 5 aromatic rings. The fraction of sp³-hybridized carbons (Fsp3) is 0.152. The molecule has 1 heterocycles. The van der Waals surface area contributed by atoms with Crippen LogP contribution in [0.2, 0.25) is 0 Å². The fourth-order valence-corrected chi connectivity index (χ4v) is 4.72. The largest absolute Gasteiger partial charge is 0.497 e. The molecule has 0 aliphatic rings. The van der Waals surface area contributed by atoms with E-state index in [0.29, 0.717) is 22.6 Å². The van der Waals surface area contributed by atoms with Crippen LogP contribution in [0.25, 0.3) is 22.6 Å². The van der Waals surface area contributed by atoms with Crippen molar-refractivity contribution in [3.05, 3.63) is 113 Å². The first-order valence-corrected chi connectivity index (χ1v) is 13.6. The molecule has 9 nitrogen and oxygen atoms in total. The van der Waals surface area contributed by atoms with Crippen LogP contribution in [0.5, 0.6) is 5.75 Å². The van der Waals surface area contributed by atoms with E-state index in [1.54, 1.807) is 18.2 Å². The number of aliphatic carboxylic acids is 1. The van der Waals surface area contributed by atoms with Crippen molar-refractivity contribution in [1.82, 2.24) is 9.88 Å². The standard InChI is InChI=1S/C33H26F3N3O6/c1-44-25-13-10-23(26(17-25)33(34,35)36)16-29(40)37-24-11-8-22(9-12-24)32(43)39(19-30(41)42)18-20-7-14-28-27(15-20)38-31(45-28)21-5-3-2-4-6-21/h2-15,17H,16,18-19H2,1H3,(H,37,40)(H,41,42). The van der Waals surface area contributed by atoms with Crippen LogP contribution in [-0.2, 0) is 28.7 Å².